The highest BCUT2D eigenvalue weighted by Gasteiger charge is 2.55. The Bertz CT molecular complexity index is 251. The summed E-state index contributed by atoms with van der Waals surface area (Å²) in [6.45, 7) is 2.50. The Morgan fingerprint density at radius 1 is 1.46 bits per heavy atom. The summed E-state index contributed by atoms with van der Waals surface area (Å²) in [5.74, 6) is 0.936. The van der Waals surface area contributed by atoms with Crippen LogP contribution in [-0.2, 0) is 0 Å². The molecule has 0 radical (unpaired) electrons. The normalized spacial score (nSPS) is 42.2. The molecule has 2 nitrogen and oxygen atoms in total. The average molecular weight is 179 g/mol. The predicted molar refractivity (Wildman–Crippen MR) is 53.4 cm³/mol. The van der Waals surface area contributed by atoms with Gasteiger partial charge in [-0.25, -0.2) is 4.58 Å². The van der Waals surface area contributed by atoms with Gasteiger partial charge < -0.3 is 5.32 Å². The molecular formula is C11H19N2+. The molecular weight excluding hydrogens is 160 g/mol. The van der Waals surface area contributed by atoms with E-state index in [9.17, 15) is 0 Å². The van der Waals surface area contributed by atoms with E-state index >= 15 is 0 Å². The van der Waals surface area contributed by atoms with Crippen molar-refractivity contribution in [2.45, 2.75) is 37.6 Å². The Morgan fingerprint density at radius 3 is 3.08 bits per heavy atom. The van der Waals surface area contributed by atoms with Gasteiger partial charge in [-0.05, 0) is 12.8 Å². The van der Waals surface area contributed by atoms with Crippen molar-refractivity contribution in [2.24, 2.45) is 5.92 Å². The van der Waals surface area contributed by atoms with Gasteiger partial charge in [0.15, 0.2) is 11.3 Å². The van der Waals surface area contributed by atoms with Crippen LogP contribution in [0.3, 0.4) is 0 Å². The smallest absolute Gasteiger partial charge is 0.178 e. The molecule has 1 saturated heterocycles. The maximum absolute atomic E-state index is 3.57. The maximum Gasteiger partial charge on any atom is 0.178 e. The minimum absolute atomic E-state index is 0.534. The summed E-state index contributed by atoms with van der Waals surface area (Å²) in [6, 6.07) is 0. The van der Waals surface area contributed by atoms with Crippen LogP contribution >= 0.6 is 0 Å². The highest BCUT2D eigenvalue weighted by molar-refractivity contribution is 5.93. The van der Waals surface area contributed by atoms with Crippen molar-refractivity contribution in [1.29, 1.82) is 0 Å². The van der Waals surface area contributed by atoms with Crippen molar-refractivity contribution >= 4 is 5.71 Å². The van der Waals surface area contributed by atoms with E-state index in [2.05, 4.69) is 16.9 Å². The summed E-state index contributed by atoms with van der Waals surface area (Å²) in [5, 5.41) is 3.57. The lowest BCUT2D eigenvalue weighted by Gasteiger charge is -2.23. The molecule has 0 aromatic rings. The SMILES string of the molecule is C[N+](=C1CC1)C12CCCC1CNC2. The van der Waals surface area contributed by atoms with E-state index in [-0.39, 0.29) is 0 Å². The first-order valence-electron chi connectivity index (χ1n) is 5.62. The average Bonchev–Trinajstić information content (AvgIpc) is 2.74. The van der Waals surface area contributed by atoms with Gasteiger partial charge in [0.05, 0.1) is 6.54 Å². The molecule has 1 heterocycles. The molecule has 2 saturated carbocycles. The summed E-state index contributed by atoms with van der Waals surface area (Å²) < 4.78 is 2.63. The van der Waals surface area contributed by atoms with Crippen LogP contribution in [0, 0.1) is 5.92 Å². The second kappa shape index (κ2) is 2.57. The molecule has 13 heavy (non-hydrogen) atoms. The van der Waals surface area contributed by atoms with Crippen molar-refractivity contribution in [3.63, 3.8) is 0 Å². The van der Waals surface area contributed by atoms with Crippen LogP contribution in [0.5, 0.6) is 0 Å². The van der Waals surface area contributed by atoms with Gasteiger partial charge in [-0.15, -0.1) is 0 Å². The van der Waals surface area contributed by atoms with Crippen molar-refractivity contribution in [3.8, 4) is 0 Å². The molecule has 1 aliphatic heterocycles. The zero-order valence-corrected chi connectivity index (χ0v) is 8.47. The molecule has 0 aromatic heterocycles. The molecule has 2 atom stereocenters. The number of rotatable bonds is 1. The molecule has 3 fully saturated rings. The van der Waals surface area contributed by atoms with Gasteiger partial charge in [0.2, 0.25) is 0 Å². The van der Waals surface area contributed by atoms with Crippen LogP contribution in [0.2, 0.25) is 0 Å². The van der Waals surface area contributed by atoms with Crippen molar-refractivity contribution in [2.75, 3.05) is 20.1 Å². The molecule has 2 aliphatic carbocycles. The fourth-order valence-electron chi connectivity index (χ4n) is 3.38. The molecule has 3 rings (SSSR count). The monoisotopic (exact) mass is 179 g/mol. The molecule has 2 unspecified atom stereocenters. The van der Waals surface area contributed by atoms with E-state index in [1.54, 1.807) is 5.71 Å². The van der Waals surface area contributed by atoms with Crippen LogP contribution in [-0.4, -0.2) is 36.0 Å². The largest absolute Gasteiger partial charge is 0.310 e. The molecule has 1 N–H and O–H groups in total. The van der Waals surface area contributed by atoms with E-state index in [4.69, 9.17) is 0 Å². The minimum Gasteiger partial charge on any atom is -0.310 e. The van der Waals surface area contributed by atoms with Gasteiger partial charge in [0.1, 0.15) is 7.05 Å². The zero-order chi connectivity index (χ0) is 8.89. The third-order valence-electron chi connectivity index (χ3n) is 4.36. The van der Waals surface area contributed by atoms with Crippen LogP contribution in [0.1, 0.15) is 32.1 Å². The second-order valence-electron chi connectivity index (χ2n) is 4.95. The highest BCUT2D eigenvalue weighted by Crippen LogP contribution is 2.41. The number of hydrogen-bond acceptors (Lipinski definition) is 1. The summed E-state index contributed by atoms with van der Waals surface area (Å²) in [5.41, 5.74) is 2.24. The molecule has 2 heteroatoms. The Balaban J connectivity index is 1.97. The van der Waals surface area contributed by atoms with Gasteiger partial charge in [0, 0.05) is 31.7 Å². The number of fused-ring (bicyclic) bond motifs is 1. The maximum atomic E-state index is 3.57. The summed E-state index contributed by atoms with van der Waals surface area (Å²) in [6.07, 6.45) is 7.05. The minimum atomic E-state index is 0.534. The highest BCUT2D eigenvalue weighted by atomic mass is 15.2. The van der Waals surface area contributed by atoms with Crippen molar-refractivity contribution in [3.05, 3.63) is 0 Å². The van der Waals surface area contributed by atoms with E-state index in [1.807, 2.05) is 0 Å². The van der Waals surface area contributed by atoms with E-state index < -0.39 is 0 Å². The molecule has 0 amide bonds. The fourth-order valence-corrected chi connectivity index (χ4v) is 3.38. The number of likely N-dealkylation sites (N-methyl/N-ethyl adjacent to an activating group) is 1. The van der Waals surface area contributed by atoms with Gasteiger partial charge >= 0.3 is 0 Å². The molecule has 0 spiro atoms. The lowest BCUT2D eigenvalue weighted by Crippen LogP contribution is -2.45. The molecule has 72 valence electrons. The summed E-state index contributed by atoms with van der Waals surface area (Å²) in [7, 11) is 2.33. The van der Waals surface area contributed by atoms with Gasteiger partial charge in [-0.3, -0.25) is 0 Å². The van der Waals surface area contributed by atoms with Crippen LogP contribution in [0.15, 0.2) is 0 Å². The van der Waals surface area contributed by atoms with Gasteiger partial charge in [-0.2, -0.15) is 0 Å². The van der Waals surface area contributed by atoms with E-state index in [0.717, 1.165) is 5.92 Å². The van der Waals surface area contributed by atoms with Crippen molar-refractivity contribution in [1.82, 2.24) is 5.32 Å². The molecule has 0 bridgehead atoms. The predicted octanol–water partition coefficient (Wildman–Crippen LogP) is 1.01. The Morgan fingerprint density at radius 2 is 2.31 bits per heavy atom. The Hall–Kier alpha value is -0.370. The summed E-state index contributed by atoms with van der Waals surface area (Å²) >= 11 is 0. The first kappa shape index (κ1) is 7.98. The quantitative estimate of drug-likeness (QED) is 0.594. The number of hydrogen-bond donors (Lipinski definition) is 1. The number of nitrogens with one attached hydrogen (secondary N) is 1. The molecule has 3 aliphatic rings. The lowest BCUT2D eigenvalue weighted by atomic mass is 9.90. The zero-order valence-electron chi connectivity index (χ0n) is 8.47. The van der Waals surface area contributed by atoms with Gasteiger partial charge in [0.25, 0.3) is 0 Å². The van der Waals surface area contributed by atoms with Gasteiger partial charge in [-0.1, -0.05) is 0 Å². The van der Waals surface area contributed by atoms with E-state index in [0.29, 0.717) is 5.54 Å². The van der Waals surface area contributed by atoms with Crippen LogP contribution < -0.4 is 5.32 Å². The third kappa shape index (κ3) is 1.01. The molecule has 0 aromatic carbocycles. The second-order valence-corrected chi connectivity index (χ2v) is 4.95. The topological polar surface area (TPSA) is 15.0 Å². The van der Waals surface area contributed by atoms with Crippen LogP contribution in [0.4, 0.5) is 0 Å². The Labute approximate surface area is 80.0 Å². The first-order chi connectivity index (χ1) is 6.33. The number of nitrogens with zero attached hydrogens (tertiary/aromatic N) is 1. The Kier molecular flexibility index (Phi) is 1.58. The standard InChI is InChI=1S/C11H19N2/c1-13(10-4-5-10)11-6-2-3-9(11)7-12-8-11/h9,12H,2-8H2,1H3/q+1. The first-order valence-corrected chi connectivity index (χ1v) is 5.62. The third-order valence-corrected chi connectivity index (χ3v) is 4.36. The van der Waals surface area contributed by atoms with E-state index in [1.165, 1.54) is 45.2 Å². The lowest BCUT2D eigenvalue weighted by molar-refractivity contribution is -0.582. The summed E-state index contributed by atoms with van der Waals surface area (Å²) in [4.78, 5) is 0. The van der Waals surface area contributed by atoms with Crippen molar-refractivity contribution < 1.29 is 4.58 Å². The fraction of sp³-hybridized carbons (Fsp3) is 0.909. The van der Waals surface area contributed by atoms with Crippen LogP contribution in [0.25, 0.3) is 0 Å².